The highest BCUT2D eigenvalue weighted by molar-refractivity contribution is 5.88. The molecule has 0 fully saturated rings. The van der Waals surface area contributed by atoms with Crippen LogP contribution in [0.4, 0.5) is 11.4 Å². The molecule has 0 saturated heterocycles. The summed E-state index contributed by atoms with van der Waals surface area (Å²) in [7, 11) is 0. The summed E-state index contributed by atoms with van der Waals surface area (Å²) in [5.74, 6) is -0.0961. The Labute approximate surface area is 82.9 Å². The summed E-state index contributed by atoms with van der Waals surface area (Å²) in [5.41, 5.74) is 1.56. The number of aliphatic hydroxyl groups is 1. The number of benzene rings is 1. The zero-order valence-electron chi connectivity index (χ0n) is 8.24. The van der Waals surface area contributed by atoms with Crippen molar-refractivity contribution in [3.63, 3.8) is 0 Å². The van der Waals surface area contributed by atoms with Crippen LogP contribution in [-0.2, 0) is 4.79 Å². The van der Waals surface area contributed by atoms with E-state index in [2.05, 4.69) is 10.6 Å². The molecule has 0 radical (unpaired) electrons. The van der Waals surface area contributed by atoms with Gasteiger partial charge in [-0.25, -0.2) is 0 Å². The van der Waals surface area contributed by atoms with Crippen molar-refractivity contribution < 1.29 is 9.90 Å². The highest BCUT2D eigenvalue weighted by Crippen LogP contribution is 2.13. The molecule has 76 valence electrons. The van der Waals surface area contributed by atoms with E-state index in [1.807, 2.05) is 0 Å². The largest absolute Gasteiger partial charge is 0.374 e. The van der Waals surface area contributed by atoms with Crippen LogP contribution in [0.5, 0.6) is 0 Å². The summed E-state index contributed by atoms with van der Waals surface area (Å²) in [6.45, 7) is 3.10. The monoisotopic (exact) mass is 194 g/mol. The van der Waals surface area contributed by atoms with Crippen molar-refractivity contribution in [3.8, 4) is 0 Å². The quantitative estimate of drug-likeness (QED) is 0.637. The van der Waals surface area contributed by atoms with E-state index in [1.54, 1.807) is 31.2 Å². The minimum atomic E-state index is -0.582. The Hall–Kier alpha value is -1.55. The first-order chi connectivity index (χ1) is 6.58. The third-order valence-electron chi connectivity index (χ3n) is 1.58. The van der Waals surface area contributed by atoms with Crippen molar-refractivity contribution in [1.82, 2.24) is 0 Å². The molecule has 4 nitrogen and oxygen atoms in total. The van der Waals surface area contributed by atoms with Gasteiger partial charge in [0.05, 0.1) is 0 Å². The van der Waals surface area contributed by atoms with Gasteiger partial charge in [-0.3, -0.25) is 4.79 Å². The van der Waals surface area contributed by atoms with E-state index in [0.717, 1.165) is 11.4 Å². The van der Waals surface area contributed by atoms with Gasteiger partial charge in [0, 0.05) is 18.3 Å². The Bertz CT molecular complexity index is 306. The molecular formula is C10H14N2O2. The molecule has 4 heteroatoms. The van der Waals surface area contributed by atoms with Crippen molar-refractivity contribution in [2.45, 2.75) is 20.1 Å². The summed E-state index contributed by atoms with van der Waals surface area (Å²) in [5, 5.41) is 14.5. The van der Waals surface area contributed by atoms with Gasteiger partial charge in [0.15, 0.2) is 0 Å². The second kappa shape index (κ2) is 4.62. The lowest BCUT2D eigenvalue weighted by Gasteiger charge is -2.09. The molecule has 1 aromatic carbocycles. The molecule has 0 aliphatic rings. The third-order valence-corrected chi connectivity index (χ3v) is 1.58. The number of hydrogen-bond donors (Lipinski definition) is 3. The summed E-state index contributed by atoms with van der Waals surface area (Å²) in [6, 6.07) is 7.12. The van der Waals surface area contributed by atoms with Crippen LogP contribution in [0.1, 0.15) is 13.8 Å². The first kappa shape index (κ1) is 10.5. The normalized spacial score (nSPS) is 11.9. The zero-order valence-corrected chi connectivity index (χ0v) is 8.24. The molecule has 0 bridgehead atoms. The van der Waals surface area contributed by atoms with Crippen molar-refractivity contribution in [2.24, 2.45) is 0 Å². The van der Waals surface area contributed by atoms with Gasteiger partial charge >= 0.3 is 0 Å². The Kier molecular flexibility index (Phi) is 3.48. The van der Waals surface area contributed by atoms with E-state index >= 15 is 0 Å². The molecule has 0 heterocycles. The van der Waals surface area contributed by atoms with Crippen LogP contribution in [0.3, 0.4) is 0 Å². The average molecular weight is 194 g/mol. The molecule has 1 unspecified atom stereocenters. The van der Waals surface area contributed by atoms with Gasteiger partial charge in [0.1, 0.15) is 6.23 Å². The van der Waals surface area contributed by atoms with Gasteiger partial charge in [0.25, 0.3) is 0 Å². The molecule has 1 amide bonds. The van der Waals surface area contributed by atoms with Crippen LogP contribution in [-0.4, -0.2) is 17.2 Å². The summed E-state index contributed by atoms with van der Waals surface area (Å²) < 4.78 is 0. The Morgan fingerprint density at radius 1 is 1.29 bits per heavy atom. The van der Waals surface area contributed by atoms with Crippen molar-refractivity contribution in [3.05, 3.63) is 24.3 Å². The van der Waals surface area contributed by atoms with Gasteiger partial charge in [-0.15, -0.1) is 0 Å². The number of rotatable bonds is 3. The lowest BCUT2D eigenvalue weighted by Crippen LogP contribution is -2.13. The lowest BCUT2D eigenvalue weighted by atomic mass is 10.2. The topological polar surface area (TPSA) is 61.4 Å². The highest BCUT2D eigenvalue weighted by atomic mass is 16.3. The molecular weight excluding hydrogens is 180 g/mol. The zero-order chi connectivity index (χ0) is 10.6. The average Bonchev–Trinajstić information content (AvgIpc) is 2.06. The van der Waals surface area contributed by atoms with E-state index in [0.29, 0.717) is 0 Å². The fourth-order valence-corrected chi connectivity index (χ4v) is 1.09. The smallest absolute Gasteiger partial charge is 0.221 e. The Morgan fingerprint density at radius 2 is 1.79 bits per heavy atom. The molecule has 1 rings (SSSR count). The van der Waals surface area contributed by atoms with E-state index in [-0.39, 0.29) is 5.91 Å². The standard InChI is InChI=1S/C10H14N2O2/c1-7(13)11-9-3-5-10(6-4-9)12-8(2)14/h3-7,11,13H,1-2H3,(H,12,14). The van der Waals surface area contributed by atoms with Crippen LogP contribution < -0.4 is 10.6 Å². The fraction of sp³-hybridized carbons (Fsp3) is 0.300. The molecule has 0 aromatic heterocycles. The number of nitrogens with one attached hydrogen (secondary N) is 2. The molecule has 3 N–H and O–H groups in total. The summed E-state index contributed by atoms with van der Waals surface area (Å²) in [6.07, 6.45) is -0.582. The molecule has 1 aromatic rings. The number of carbonyl (C=O) groups excluding carboxylic acids is 1. The maximum atomic E-state index is 10.7. The van der Waals surface area contributed by atoms with Crippen LogP contribution >= 0.6 is 0 Å². The van der Waals surface area contributed by atoms with Crippen molar-refractivity contribution in [1.29, 1.82) is 0 Å². The van der Waals surface area contributed by atoms with Gasteiger partial charge < -0.3 is 15.7 Å². The molecule has 14 heavy (non-hydrogen) atoms. The Balaban J connectivity index is 2.63. The number of amides is 1. The number of hydrogen-bond acceptors (Lipinski definition) is 3. The third kappa shape index (κ3) is 3.45. The fourth-order valence-electron chi connectivity index (χ4n) is 1.09. The van der Waals surface area contributed by atoms with Crippen molar-refractivity contribution in [2.75, 3.05) is 10.6 Å². The number of carbonyl (C=O) groups is 1. The summed E-state index contributed by atoms with van der Waals surface area (Å²) >= 11 is 0. The van der Waals surface area contributed by atoms with Gasteiger partial charge in [0.2, 0.25) is 5.91 Å². The SMILES string of the molecule is CC(=O)Nc1ccc(NC(C)O)cc1. The maximum Gasteiger partial charge on any atom is 0.221 e. The molecule has 0 aliphatic heterocycles. The number of aliphatic hydroxyl groups excluding tert-OH is 1. The van der Waals surface area contributed by atoms with E-state index in [4.69, 9.17) is 5.11 Å². The molecule has 0 aliphatic carbocycles. The second-order valence-electron chi connectivity index (χ2n) is 3.08. The van der Waals surface area contributed by atoms with Crippen LogP contribution in [0.2, 0.25) is 0 Å². The maximum absolute atomic E-state index is 10.7. The van der Waals surface area contributed by atoms with Crippen LogP contribution in [0.15, 0.2) is 24.3 Å². The predicted molar refractivity (Wildman–Crippen MR) is 56.0 cm³/mol. The van der Waals surface area contributed by atoms with Crippen LogP contribution in [0, 0.1) is 0 Å². The first-order valence-electron chi connectivity index (χ1n) is 4.40. The van der Waals surface area contributed by atoms with E-state index in [1.165, 1.54) is 6.92 Å². The second-order valence-corrected chi connectivity index (χ2v) is 3.08. The minimum Gasteiger partial charge on any atom is -0.374 e. The predicted octanol–water partition coefficient (Wildman–Crippen LogP) is 1.40. The lowest BCUT2D eigenvalue weighted by molar-refractivity contribution is -0.114. The Morgan fingerprint density at radius 3 is 2.21 bits per heavy atom. The van der Waals surface area contributed by atoms with Crippen LogP contribution in [0.25, 0.3) is 0 Å². The molecule has 0 spiro atoms. The van der Waals surface area contributed by atoms with Gasteiger partial charge in [-0.1, -0.05) is 0 Å². The molecule has 1 atom stereocenters. The van der Waals surface area contributed by atoms with Gasteiger partial charge in [-0.05, 0) is 31.2 Å². The van der Waals surface area contributed by atoms with E-state index < -0.39 is 6.23 Å². The number of anilines is 2. The summed E-state index contributed by atoms with van der Waals surface area (Å²) in [4.78, 5) is 10.7. The van der Waals surface area contributed by atoms with Crippen molar-refractivity contribution >= 4 is 17.3 Å². The van der Waals surface area contributed by atoms with E-state index in [9.17, 15) is 4.79 Å². The van der Waals surface area contributed by atoms with Gasteiger partial charge in [-0.2, -0.15) is 0 Å². The minimum absolute atomic E-state index is 0.0961. The molecule has 0 saturated carbocycles. The highest BCUT2D eigenvalue weighted by Gasteiger charge is 1.97. The first-order valence-corrected chi connectivity index (χ1v) is 4.40.